The second kappa shape index (κ2) is 9.16. The van der Waals surface area contributed by atoms with Crippen LogP contribution in [0, 0.1) is 10.1 Å². The van der Waals surface area contributed by atoms with Gasteiger partial charge in [0.1, 0.15) is 5.58 Å². The second-order valence-electron chi connectivity index (χ2n) is 6.72. The molecule has 1 aliphatic rings. The maximum absolute atomic E-state index is 12.5. The number of hydrogen-bond acceptors (Lipinski definition) is 7. The molecular weight excluding hydrogens is 536 g/mol. The van der Waals surface area contributed by atoms with E-state index in [1.165, 1.54) is 18.3 Å². The average Bonchev–Trinajstić information content (AvgIpc) is 3.19. The number of morpholine rings is 1. The van der Waals surface area contributed by atoms with Gasteiger partial charge in [0.15, 0.2) is 5.76 Å². The fourth-order valence-corrected chi connectivity index (χ4v) is 4.59. The Balaban J connectivity index is 1.56. The number of non-ortho nitro benzene ring substituents is 1. The molecule has 0 saturated carbocycles. The highest BCUT2D eigenvalue weighted by atomic mass is 79.9. The third kappa shape index (κ3) is 4.78. The van der Waals surface area contributed by atoms with Crippen LogP contribution in [0.1, 0.15) is 16.1 Å². The minimum absolute atomic E-state index is 0.0579. The van der Waals surface area contributed by atoms with Crippen molar-refractivity contribution in [2.75, 3.05) is 31.2 Å². The molecule has 0 bridgehead atoms. The molecule has 160 valence electrons. The van der Waals surface area contributed by atoms with Gasteiger partial charge in [0.2, 0.25) is 0 Å². The molecule has 0 atom stereocenters. The van der Waals surface area contributed by atoms with Crippen LogP contribution in [0.25, 0.3) is 11.0 Å². The standard InChI is InChI=1S/C20H16Br2N4O5/c21-14-7-12-9-18(31-19(12)16(22)10-14)20(27)24-23-11-13-8-15(26(28)29)1-2-17(13)25-3-5-30-6-4-25/h1-2,7-11H,3-6H2,(H,24,27)/b23-11+. The maximum Gasteiger partial charge on any atom is 0.307 e. The van der Waals surface area contributed by atoms with Crippen LogP contribution in [0.3, 0.4) is 0 Å². The van der Waals surface area contributed by atoms with E-state index in [0.717, 1.165) is 15.5 Å². The lowest BCUT2D eigenvalue weighted by Gasteiger charge is -2.29. The van der Waals surface area contributed by atoms with Gasteiger partial charge < -0.3 is 14.1 Å². The van der Waals surface area contributed by atoms with E-state index in [2.05, 4.69) is 47.3 Å². The molecule has 1 aliphatic heterocycles. The lowest BCUT2D eigenvalue weighted by molar-refractivity contribution is -0.384. The third-order valence-electron chi connectivity index (χ3n) is 4.70. The van der Waals surface area contributed by atoms with Gasteiger partial charge in [0, 0.05) is 46.3 Å². The van der Waals surface area contributed by atoms with Crippen LogP contribution in [-0.4, -0.2) is 43.3 Å². The Hall–Kier alpha value is -2.76. The first-order valence-corrected chi connectivity index (χ1v) is 10.8. The van der Waals surface area contributed by atoms with E-state index < -0.39 is 10.8 Å². The van der Waals surface area contributed by atoms with Crippen LogP contribution >= 0.6 is 31.9 Å². The summed E-state index contributed by atoms with van der Waals surface area (Å²) in [5, 5.41) is 15.9. The van der Waals surface area contributed by atoms with Crippen molar-refractivity contribution >= 4 is 66.3 Å². The van der Waals surface area contributed by atoms with Crippen LogP contribution in [-0.2, 0) is 4.74 Å². The van der Waals surface area contributed by atoms with Crippen LogP contribution in [0.4, 0.5) is 11.4 Å². The predicted molar refractivity (Wildman–Crippen MR) is 123 cm³/mol. The van der Waals surface area contributed by atoms with Crippen molar-refractivity contribution in [2.24, 2.45) is 5.10 Å². The highest BCUT2D eigenvalue weighted by Gasteiger charge is 2.18. The highest BCUT2D eigenvalue weighted by molar-refractivity contribution is 9.11. The van der Waals surface area contributed by atoms with Gasteiger partial charge in [-0.05, 0) is 40.2 Å². The van der Waals surface area contributed by atoms with Crippen LogP contribution < -0.4 is 10.3 Å². The topological polar surface area (TPSA) is 110 Å². The van der Waals surface area contributed by atoms with E-state index in [0.29, 0.717) is 41.9 Å². The van der Waals surface area contributed by atoms with Crippen molar-refractivity contribution in [3.63, 3.8) is 0 Å². The number of nitrogens with zero attached hydrogens (tertiary/aromatic N) is 3. The zero-order valence-electron chi connectivity index (χ0n) is 16.0. The summed E-state index contributed by atoms with van der Waals surface area (Å²) in [7, 11) is 0. The number of hydrazone groups is 1. The number of nitrogens with one attached hydrogen (secondary N) is 1. The number of carbonyl (C=O) groups is 1. The van der Waals surface area contributed by atoms with E-state index >= 15 is 0 Å². The third-order valence-corrected chi connectivity index (χ3v) is 5.75. The number of amides is 1. The summed E-state index contributed by atoms with van der Waals surface area (Å²) in [6, 6.07) is 9.83. The van der Waals surface area contributed by atoms with Crippen molar-refractivity contribution in [3.8, 4) is 0 Å². The first-order valence-electron chi connectivity index (χ1n) is 9.25. The van der Waals surface area contributed by atoms with Crippen LogP contribution in [0.5, 0.6) is 0 Å². The zero-order chi connectivity index (χ0) is 22.0. The average molecular weight is 552 g/mol. The van der Waals surface area contributed by atoms with Crippen LogP contribution in [0.15, 0.2) is 54.9 Å². The summed E-state index contributed by atoms with van der Waals surface area (Å²) >= 11 is 6.80. The number of hydrogen-bond donors (Lipinski definition) is 1. The molecule has 1 aromatic heterocycles. The van der Waals surface area contributed by atoms with Crippen molar-refractivity contribution in [3.05, 3.63) is 66.8 Å². The van der Waals surface area contributed by atoms with Crippen molar-refractivity contribution in [1.29, 1.82) is 0 Å². The molecule has 0 spiro atoms. The summed E-state index contributed by atoms with van der Waals surface area (Å²) < 4.78 is 12.6. The Morgan fingerprint density at radius 3 is 2.71 bits per heavy atom. The van der Waals surface area contributed by atoms with Gasteiger partial charge in [-0.3, -0.25) is 14.9 Å². The first kappa shape index (κ1) is 21.5. The molecule has 2 aromatic carbocycles. The quantitative estimate of drug-likeness (QED) is 0.284. The van der Waals surface area contributed by atoms with Gasteiger partial charge in [-0.2, -0.15) is 5.10 Å². The van der Waals surface area contributed by atoms with E-state index in [1.54, 1.807) is 12.1 Å². The number of carbonyl (C=O) groups excluding carboxylic acids is 1. The molecule has 0 radical (unpaired) electrons. The first-order chi connectivity index (χ1) is 14.9. The zero-order valence-corrected chi connectivity index (χ0v) is 19.2. The van der Waals surface area contributed by atoms with Crippen molar-refractivity contribution in [1.82, 2.24) is 5.43 Å². The largest absolute Gasteiger partial charge is 0.450 e. The lowest BCUT2D eigenvalue weighted by atomic mass is 10.1. The van der Waals surface area contributed by atoms with Gasteiger partial charge in [0.05, 0.1) is 28.8 Å². The summed E-state index contributed by atoms with van der Waals surface area (Å²) in [4.78, 5) is 25.3. The number of halogens is 2. The summed E-state index contributed by atoms with van der Waals surface area (Å²) in [6.07, 6.45) is 1.39. The number of fused-ring (bicyclic) bond motifs is 1. The number of ether oxygens (including phenoxy) is 1. The number of nitro benzene ring substituents is 1. The Morgan fingerprint density at radius 2 is 1.97 bits per heavy atom. The van der Waals surface area contributed by atoms with Crippen molar-refractivity contribution in [2.45, 2.75) is 0 Å². The molecule has 31 heavy (non-hydrogen) atoms. The molecule has 1 N–H and O–H groups in total. The molecule has 9 nitrogen and oxygen atoms in total. The Kier molecular flexibility index (Phi) is 6.35. The molecule has 3 aromatic rings. The van der Waals surface area contributed by atoms with Gasteiger partial charge >= 0.3 is 5.91 Å². The van der Waals surface area contributed by atoms with Gasteiger partial charge in [-0.15, -0.1) is 0 Å². The summed E-state index contributed by atoms with van der Waals surface area (Å²) in [5.74, 6) is -0.438. The van der Waals surface area contributed by atoms with Gasteiger partial charge in [-0.1, -0.05) is 15.9 Å². The van der Waals surface area contributed by atoms with Crippen LogP contribution in [0.2, 0.25) is 0 Å². The fraction of sp³-hybridized carbons (Fsp3) is 0.200. The van der Waals surface area contributed by atoms with Gasteiger partial charge in [0.25, 0.3) is 5.69 Å². The van der Waals surface area contributed by atoms with E-state index in [9.17, 15) is 14.9 Å². The molecule has 1 saturated heterocycles. The molecular formula is C20H16Br2N4O5. The van der Waals surface area contributed by atoms with E-state index in [4.69, 9.17) is 9.15 Å². The lowest BCUT2D eigenvalue weighted by Crippen LogP contribution is -2.36. The predicted octanol–water partition coefficient (Wildman–Crippen LogP) is 4.47. The number of rotatable bonds is 5. The van der Waals surface area contributed by atoms with E-state index in [1.807, 2.05) is 12.1 Å². The summed E-state index contributed by atoms with van der Waals surface area (Å²) in [5.41, 5.74) is 4.21. The summed E-state index contributed by atoms with van der Waals surface area (Å²) in [6.45, 7) is 2.47. The van der Waals surface area contributed by atoms with Gasteiger partial charge in [-0.25, -0.2) is 5.43 Å². The molecule has 4 rings (SSSR count). The Morgan fingerprint density at radius 1 is 1.19 bits per heavy atom. The minimum atomic E-state index is -0.533. The minimum Gasteiger partial charge on any atom is -0.450 e. The smallest absolute Gasteiger partial charge is 0.307 e. The Bertz CT molecular complexity index is 1190. The number of nitro groups is 1. The van der Waals surface area contributed by atoms with Crippen molar-refractivity contribution < 1.29 is 18.9 Å². The fourth-order valence-electron chi connectivity index (χ4n) is 3.25. The second-order valence-corrected chi connectivity index (χ2v) is 8.49. The molecule has 11 heteroatoms. The molecule has 1 fully saturated rings. The Labute approximate surface area is 193 Å². The number of anilines is 1. The highest BCUT2D eigenvalue weighted by Crippen LogP contribution is 2.31. The number of benzene rings is 2. The maximum atomic E-state index is 12.5. The normalized spacial score (nSPS) is 14.3. The van der Waals surface area contributed by atoms with E-state index in [-0.39, 0.29) is 11.4 Å². The molecule has 0 unspecified atom stereocenters. The SMILES string of the molecule is O=C(N/N=C/c1cc([N+](=O)[O-])ccc1N1CCOCC1)c1cc2cc(Br)cc(Br)c2o1. The molecule has 2 heterocycles. The number of furan rings is 1. The molecule has 0 aliphatic carbocycles. The molecule has 1 amide bonds. The monoisotopic (exact) mass is 550 g/mol.